The van der Waals surface area contributed by atoms with Crippen molar-refractivity contribution < 1.29 is 13.2 Å². The Morgan fingerprint density at radius 3 is 2.63 bits per heavy atom. The summed E-state index contributed by atoms with van der Waals surface area (Å²) < 4.78 is 38.9. The third-order valence-corrected chi connectivity index (χ3v) is 2.45. The third kappa shape index (κ3) is 2.81. The number of nitrogens with zero attached hydrogens (tertiary/aromatic N) is 5. The van der Waals surface area contributed by atoms with Gasteiger partial charge in [0.1, 0.15) is 0 Å². The zero-order chi connectivity index (χ0) is 14.0. The van der Waals surface area contributed by atoms with E-state index in [-0.39, 0.29) is 11.4 Å². The lowest BCUT2D eigenvalue weighted by atomic mass is 10.1. The summed E-state index contributed by atoms with van der Waals surface area (Å²) in [6.07, 6.45) is -1.81. The van der Waals surface area contributed by atoms with Crippen LogP contribution in [0.25, 0.3) is 16.1 Å². The first-order valence-corrected chi connectivity index (χ1v) is 5.26. The predicted molar refractivity (Wildman–Crippen MR) is 62.4 cm³/mol. The van der Waals surface area contributed by atoms with Crippen LogP contribution < -0.4 is 0 Å². The summed E-state index contributed by atoms with van der Waals surface area (Å²) in [5.41, 5.74) is 7.53. The van der Waals surface area contributed by atoms with E-state index >= 15 is 0 Å². The minimum Gasteiger partial charge on any atom is -0.239 e. The highest BCUT2D eigenvalue weighted by molar-refractivity contribution is 6.30. The first kappa shape index (κ1) is 13.3. The van der Waals surface area contributed by atoms with Crippen molar-refractivity contribution in [2.45, 2.75) is 6.18 Å². The van der Waals surface area contributed by atoms with Crippen LogP contribution in [0.15, 0.2) is 35.7 Å². The second-order valence-corrected chi connectivity index (χ2v) is 3.93. The van der Waals surface area contributed by atoms with Gasteiger partial charge in [0.25, 0.3) is 0 Å². The van der Waals surface area contributed by atoms with E-state index in [9.17, 15) is 13.2 Å². The molecule has 0 unspecified atom stereocenters. The van der Waals surface area contributed by atoms with Gasteiger partial charge in [0, 0.05) is 11.1 Å². The quantitative estimate of drug-likeness (QED) is 0.456. The van der Waals surface area contributed by atoms with Gasteiger partial charge in [-0.3, -0.25) is 0 Å². The average Bonchev–Trinajstić information content (AvgIpc) is 2.75. The van der Waals surface area contributed by atoms with Crippen LogP contribution in [0.1, 0.15) is 5.56 Å². The molecule has 9 heteroatoms. The summed E-state index contributed by atoms with van der Waals surface area (Å²) in [4.78, 5) is 2.51. The zero-order valence-electron chi connectivity index (χ0n) is 9.13. The number of azide groups is 1. The molecule has 0 N–H and O–H groups in total. The van der Waals surface area contributed by atoms with E-state index in [1.807, 2.05) is 0 Å². The lowest BCUT2D eigenvalue weighted by molar-refractivity contribution is -0.137. The molecule has 0 bridgehead atoms. The number of hydrogen-bond acceptors (Lipinski definition) is 2. The van der Waals surface area contributed by atoms with E-state index in [1.54, 1.807) is 0 Å². The summed E-state index contributed by atoms with van der Waals surface area (Å²) >= 11 is 5.68. The van der Waals surface area contributed by atoms with E-state index in [0.29, 0.717) is 5.02 Å². The summed E-state index contributed by atoms with van der Waals surface area (Å²) in [5.74, 6) is 0. The van der Waals surface area contributed by atoms with E-state index in [0.717, 1.165) is 18.2 Å². The SMILES string of the molecule is [N-]=[N+]=Nc1cc(C(F)(F)F)ccc1-n1cc(Cl)cn1. The monoisotopic (exact) mass is 287 g/mol. The van der Waals surface area contributed by atoms with Gasteiger partial charge in [0.2, 0.25) is 0 Å². The summed E-state index contributed by atoms with van der Waals surface area (Å²) in [6, 6.07) is 2.79. The highest BCUT2D eigenvalue weighted by atomic mass is 35.5. The number of rotatable bonds is 2. The van der Waals surface area contributed by atoms with E-state index < -0.39 is 11.7 Å². The molecule has 0 spiro atoms. The number of aromatic nitrogens is 2. The van der Waals surface area contributed by atoms with Crippen molar-refractivity contribution in [1.29, 1.82) is 0 Å². The molecule has 0 radical (unpaired) electrons. The molecule has 1 aromatic heterocycles. The maximum Gasteiger partial charge on any atom is 0.416 e. The predicted octanol–water partition coefficient (Wildman–Crippen LogP) is 4.49. The largest absolute Gasteiger partial charge is 0.416 e. The molecule has 19 heavy (non-hydrogen) atoms. The lowest BCUT2D eigenvalue weighted by Gasteiger charge is -2.10. The number of hydrogen-bond donors (Lipinski definition) is 0. The zero-order valence-corrected chi connectivity index (χ0v) is 9.89. The van der Waals surface area contributed by atoms with E-state index in [2.05, 4.69) is 15.1 Å². The van der Waals surface area contributed by atoms with Gasteiger partial charge in [-0.05, 0) is 23.7 Å². The number of halogens is 4. The van der Waals surface area contributed by atoms with Crippen molar-refractivity contribution in [2.24, 2.45) is 5.11 Å². The second-order valence-electron chi connectivity index (χ2n) is 3.49. The fourth-order valence-electron chi connectivity index (χ4n) is 1.45. The van der Waals surface area contributed by atoms with Gasteiger partial charge in [0.05, 0.1) is 28.2 Å². The molecule has 2 aromatic rings. The van der Waals surface area contributed by atoms with E-state index in [4.69, 9.17) is 17.1 Å². The van der Waals surface area contributed by atoms with Gasteiger partial charge >= 0.3 is 6.18 Å². The Morgan fingerprint density at radius 1 is 1.37 bits per heavy atom. The Kier molecular flexibility index (Phi) is 3.37. The molecule has 0 atom stereocenters. The Labute approximate surface area is 109 Å². The highest BCUT2D eigenvalue weighted by Gasteiger charge is 2.31. The normalized spacial score (nSPS) is 11.2. The molecular weight excluding hydrogens is 283 g/mol. The molecule has 0 aliphatic rings. The molecule has 0 amide bonds. The first-order valence-electron chi connectivity index (χ1n) is 4.88. The highest BCUT2D eigenvalue weighted by Crippen LogP contribution is 2.34. The molecule has 0 fully saturated rings. The maximum absolute atomic E-state index is 12.6. The van der Waals surface area contributed by atoms with Crippen molar-refractivity contribution in [3.8, 4) is 5.69 Å². The smallest absolute Gasteiger partial charge is 0.239 e. The molecule has 0 saturated carbocycles. The van der Waals surface area contributed by atoms with Crippen molar-refractivity contribution >= 4 is 17.3 Å². The van der Waals surface area contributed by atoms with Crippen molar-refractivity contribution in [2.75, 3.05) is 0 Å². The van der Waals surface area contributed by atoms with Crippen LogP contribution in [0.5, 0.6) is 0 Å². The van der Waals surface area contributed by atoms with Gasteiger partial charge < -0.3 is 0 Å². The van der Waals surface area contributed by atoms with Gasteiger partial charge in [0.15, 0.2) is 0 Å². The molecule has 5 nitrogen and oxygen atoms in total. The van der Waals surface area contributed by atoms with Crippen molar-refractivity contribution in [3.05, 3.63) is 51.6 Å². The van der Waals surface area contributed by atoms with Gasteiger partial charge in [-0.2, -0.15) is 18.3 Å². The van der Waals surface area contributed by atoms with Gasteiger partial charge in [-0.25, -0.2) is 4.68 Å². The van der Waals surface area contributed by atoms with Gasteiger partial charge in [-0.15, -0.1) is 0 Å². The third-order valence-electron chi connectivity index (χ3n) is 2.25. The first-order chi connectivity index (χ1) is 8.91. The molecule has 98 valence electrons. The second kappa shape index (κ2) is 4.83. The molecule has 0 saturated heterocycles. The number of benzene rings is 1. The minimum atomic E-state index is -4.51. The Bertz CT molecular complexity index is 657. The molecule has 1 aromatic carbocycles. The van der Waals surface area contributed by atoms with Crippen LogP contribution in [-0.2, 0) is 6.18 Å². The van der Waals surface area contributed by atoms with Crippen LogP contribution in [0.3, 0.4) is 0 Å². The van der Waals surface area contributed by atoms with Crippen LogP contribution in [-0.4, -0.2) is 9.78 Å². The standard InChI is InChI=1S/C10H5ClF3N5/c11-7-4-16-19(5-7)9-2-1-6(10(12,13)14)3-8(9)17-18-15/h1-5H. The number of alkyl halides is 3. The fourth-order valence-corrected chi connectivity index (χ4v) is 1.59. The molecule has 2 rings (SSSR count). The van der Waals surface area contributed by atoms with Crippen molar-refractivity contribution in [1.82, 2.24) is 9.78 Å². The summed E-state index contributed by atoms with van der Waals surface area (Å²) in [7, 11) is 0. The van der Waals surface area contributed by atoms with Crippen LogP contribution >= 0.6 is 11.6 Å². The maximum atomic E-state index is 12.6. The molecule has 0 aliphatic carbocycles. The Morgan fingerprint density at radius 2 is 2.11 bits per heavy atom. The molecule has 0 aliphatic heterocycles. The Balaban J connectivity index is 2.59. The summed E-state index contributed by atoms with van der Waals surface area (Å²) in [5, 5.41) is 7.40. The summed E-state index contributed by atoms with van der Waals surface area (Å²) in [6.45, 7) is 0. The topological polar surface area (TPSA) is 66.6 Å². The Hall–Kier alpha value is -2.18. The van der Waals surface area contributed by atoms with Gasteiger partial charge in [-0.1, -0.05) is 16.7 Å². The van der Waals surface area contributed by atoms with Crippen molar-refractivity contribution in [3.63, 3.8) is 0 Å². The lowest BCUT2D eigenvalue weighted by Crippen LogP contribution is -2.05. The van der Waals surface area contributed by atoms with Crippen LogP contribution in [0.4, 0.5) is 18.9 Å². The fraction of sp³-hybridized carbons (Fsp3) is 0.100. The van der Waals surface area contributed by atoms with Crippen LogP contribution in [0, 0.1) is 0 Å². The minimum absolute atomic E-state index is 0.183. The average molecular weight is 288 g/mol. The molecule has 1 heterocycles. The van der Waals surface area contributed by atoms with Crippen LogP contribution in [0.2, 0.25) is 5.02 Å². The van der Waals surface area contributed by atoms with E-state index in [1.165, 1.54) is 17.1 Å². The molecular formula is C10H5ClF3N5.